The molecule has 3 aromatic rings. The lowest BCUT2D eigenvalue weighted by atomic mass is 9.85. The predicted molar refractivity (Wildman–Crippen MR) is 156 cm³/mol. The highest BCUT2D eigenvalue weighted by molar-refractivity contribution is 8.00. The Morgan fingerprint density at radius 3 is 2.82 bits per heavy atom. The third-order valence-electron chi connectivity index (χ3n) is 7.42. The first-order valence-electron chi connectivity index (χ1n) is 13.8. The smallest absolute Gasteiger partial charge is 0.225 e. The SMILES string of the molecule is CC1CN(C(=O)C2CCC(Nc3nccc(-n4ncc5c(OCCC=S(C)(C)=O)cccc54)n3)CC2)CCN1. The molecule has 3 heterocycles. The number of piperazine rings is 1. The average Bonchev–Trinajstić information content (AvgIpc) is 3.36. The number of carbonyl (C=O) groups is 1. The molecule has 2 aliphatic rings. The van der Waals surface area contributed by atoms with Gasteiger partial charge in [-0.2, -0.15) is 10.1 Å². The molecule has 0 spiro atoms. The molecule has 2 N–H and O–H groups in total. The lowest BCUT2D eigenvalue weighted by Crippen LogP contribution is -2.53. The molecule has 210 valence electrons. The van der Waals surface area contributed by atoms with E-state index in [2.05, 4.69) is 27.6 Å². The zero-order valence-electron chi connectivity index (χ0n) is 23.0. The number of hydrogen-bond donors (Lipinski definition) is 2. The number of rotatable bonds is 8. The summed E-state index contributed by atoms with van der Waals surface area (Å²) in [5, 5.41) is 14.2. The first-order valence-corrected chi connectivity index (χ1v) is 16.2. The van der Waals surface area contributed by atoms with Gasteiger partial charge in [0.2, 0.25) is 11.9 Å². The summed E-state index contributed by atoms with van der Waals surface area (Å²) in [7, 11) is -1.89. The molecular weight excluding hydrogens is 514 g/mol. The molecule has 0 radical (unpaired) electrons. The van der Waals surface area contributed by atoms with Crippen molar-refractivity contribution in [2.45, 2.75) is 51.1 Å². The van der Waals surface area contributed by atoms with Crippen molar-refractivity contribution in [3.05, 3.63) is 36.7 Å². The number of nitrogens with zero attached hydrogens (tertiary/aromatic N) is 5. The van der Waals surface area contributed by atoms with Crippen LogP contribution in [0.4, 0.5) is 5.95 Å². The van der Waals surface area contributed by atoms with Crippen LogP contribution < -0.4 is 15.4 Å². The highest BCUT2D eigenvalue weighted by atomic mass is 32.2. The second-order valence-corrected chi connectivity index (χ2v) is 13.9. The summed E-state index contributed by atoms with van der Waals surface area (Å²) in [4.78, 5) is 24.2. The third-order valence-corrected chi connectivity index (χ3v) is 8.45. The molecule has 39 heavy (non-hydrogen) atoms. The van der Waals surface area contributed by atoms with E-state index in [1.807, 2.05) is 34.5 Å². The zero-order chi connectivity index (χ0) is 27.4. The molecular formula is C28H39N7O3S. The summed E-state index contributed by atoms with van der Waals surface area (Å²) < 4.78 is 19.6. The highest BCUT2D eigenvalue weighted by Gasteiger charge is 2.31. The Morgan fingerprint density at radius 2 is 2.05 bits per heavy atom. The zero-order valence-corrected chi connectivity index (χ0v) is 23.8. The molecule has 1 saturated carbocycles. The second kappa shape index (κ2) is 11.9. The Bertz CT molecular complexity index is 1420. The molecule has 1 saturated heterocycles. The summed E-state index contributed by atoms with van der Waals surface area (Å²) in [5.41, 5.74) is 0.886. The van der Waals surface area contributed by atoms with Crippen LogP contribution in [0, 0.1) is 5.92 Å². The van der Waals surface area contributed by atoms with E-state index in [9.17, 15) is 9.00 Å². The van der Waals surface area contributed by atoms with Gasteiger partial charge in [0.05, 0.1) is 23.7 Å². The van der Waals surface area contributed by atoms with Crippen molar-refractivity contribution < 1.29 is 13.7 Å². The van der Waals surface area contributed by atoms with Crippen molar-refractivity contribution in [1.29, 1.82) is 0 Å². The monoisotopic (exact) mass is 553 g/mol. The molecule has 1 atom stereocenters. The van der Waals surface area contributed by atoms with Crippen molar-refractivity contribution >= 4 is 37.6 Å². The number of aromatic nitrogens is 4. The van der Waals surface area contributed by atoms with Crippen LogP contribution in [0.5, 0.6) is 5.75 Å². The minimum absolute atomic E-state index is 0.110. The maximum atomic E-state index is 13.0. The van der Waals surface area contributed by atoms with Gasteiger partial charge in [-0.05, 0) is 59.6 Å². The van der Waals surface area contributed by atoms with Crippen molar-refractivity contribution in [2.75, 3.05) is 44.1 Å². The molecule has 2 aromatic heterocycles. The fraction of sp³-hybridized carbons (Fsp3) is 0.536. The Hall–Kier alpha value is -3.18. The molecule has 5 rings (SSSR count). The molecule has 1 aromatic carbocycles. The lowest BCUT2D eigenvalue weighted by molar-refractivity contribution is -0.137. The Morgan fingerprint density at radius 1 is 1.23 bits per heavy atom. The van der Waals surface area contributed by atoms with Gasteiger partial charge < -0.3 is 20.3 Å². The average molecular weight is 554 g/mol. The summed E-state index contributed by atoms with van der Waals surface area (Å²) in [5.74, 6) is 2.38. The van der Waals surface area contributed by atoms with E-state index in [-0.39, 0.29) is 12.0 Å². The first-order chi connectivity index (χ1) is 18.8. The minimum atomic E-state index is -1.89. The van der Waals surface area contributed by atoms with Gasteiger partial charge in [0, 0.05) is 68.8 Å². The maximum absolute atomic E-state index is 13.0. The predicted octanol–water partition coefficient (Wildman–Crippen LogP) is 2.72. The van der Waals surface area contributed by atoms with Crippen molar-refractivity contribution in [2.24, 2.45) is 5.92 Å². The van der Waals surface area contributed by atoms with Gasteiger partial charge >= 0.3 is 0 Å². The van der Waals surface area contributed by atoms with Gasteiger partial charge in [-0.1, -0.05) is 6.07 Å². The molecule has 1 amide bonds. The summed E-state index contributed by atoms with van der Waals surface area (Å²) in [6.45, 7) is 5.06. The van der Waals surface area contributed by atoms with E-state index in [4.69, 9.17) is 9.72 Å². The lowest BCUT2D eigenvalue weighted by Gasteiger charge is -2.36. The van der Waals surface area contributed by atoms with Crippen LogP contribution in [0.3, 0.4) is 0 Å². The summed E-state index contributed by atoms with van der Waals surface area (Å²) >= 11 is 0. The standard InChI is InChI=1S/C28H39N7O3S/c1-20-19-34(15-14-29-20)27(36)21-8-10-22(11-9-21)32-28-30-13-12-26(33-28)35-24-6-4-7-25(23(24)18-31-35)38-16-5-17-39(2,3)37/h4,6-7,12-13,17-18,20-22,29H,5,8-11,14-16,19H2,1-3H3,(H,30,32,33). The fourth-order valence-electron chi connectivity index (χ4n) is 5.43. The van der Waals surface area contributed by atoms with E-state index < -0.39 is 9.52 Å². The molecule has 2 fully saturated rings. The summed E-state index contributed by atoms with van der Waals surface area (Å²) in [6, 6.07) is 8.27. The highest BCUT2D eigenvalue weighted by Crippen LogP contribution is 2.29. The second-order valence-electron chi connectivity index (χ2n) is 10.9. The van der Waals surface area contributed by atoms with Gasteiger partial charge in [-0.15, -0.1) is 0 Å². The molecule has 0 bridgehead atoms. The maximum Gasteiger partial charge on any atom is 0.225 e. The van der Waals surface area contributed by atoms with Crippen LogP contribution in [0.1, 0.15) is 39.0 Å². The van der Waals surface area contributed by atoms with Gasteiger partial charge in [0.15, 0.2) is 5.82 Å². The third kappa shape index (κ3) is 6.88. The van der Waals surface area contributed by atoms with Crippen LogP contribution in [-0.4, -0.2) is 91.0 Å². The molecule has 10 nitrogen and oxygen atoms in total. The molecule has 1 unspecified atom stereocenters. The number of carbonyl (C=O) groups excluding carboxylic acids is 1. The van der Waals surface area contributed by atoms with Crippen molar-refractivity contribution in [1.82, 2.24) is 30.0 Å². The van der Waals surface area contributed by atoms with E-state index in [1.165, 1.54) is 0 Å². The van der Waals surface area contributed by atoms with Gasteiger partial charge in [0.25, 0.3) is 0 Å². The van der Waals surface area contributed by atoms with Crippen molar-refractivity contribution in [3.63, 3.8) is 0 Å². The van der Waals surface area contributed by atoms with Gasteiger partial charge in [0.1, 0.15) is 5.75 Å². The van der Waals surface area contributed by atoms with Gasteiger partial charge in [-0.25, -0.2) is 9.67 Å². The first kappa shape index (κ1) is 27.4. The quantitative estimate of drug-likeness (QED) is 0.323. The number of ether oxygens (including phenoxy) is 1. The van der Waals surface area contributed by atoms with E-state index in [1.54, 1.807) is 29.6 Å². The van der Waals surface area contributed by atoms with E-state index >= 15 is 0 Å². The van der Waals surface area contributed by atoms with Crippen LogP contribution in [0.25, 0.3) is 16.7 Å². The van der Waals surface area contributed by atoms with Crippen LogP contribution in [-0.2, 0) is 14.3 Å². The number of anilines is 1. The Labute approximate surface area is 230 Å². The topological polar surface area (TPSA) is 114 Å². The Kier molecular flexibility index (Phi) is 8.37. The number of nitrogens with one attached hydrogen (secondary N) is 2. The van der Waals surface area contributed by atoms with Crippen molar-refractivity contribution in [3.8, 4) is 11.6 Å². The molecule has 11 heteroatoms. The van der Waals surface area contributed by atoms with Gasteiger partial charge in [-0.3, -0.25) is 9.00 Å². The summed E-state index contributed by atoms with van der Waals surface area (Å²) in [6.07, 6.45) is 11.2. The number of amides is 1. The number of benzene rings is 1. The Balaban J connectivity index is 1.21. The molecule has 1 aliphatic heterocycles. The minimum Gasteiger partial charge on any atom is -0.492 e. The van der Waals surface area contributed by atoms with E-state index in [0.29, 0.717) is 36.7 Å². The van der Waals surface area contributed by atoms with Crippen LogP contribution >= 0.6 is 0 Å². The normalized spacial score (nSPS) is 22.0. The van der Waals surface area contributed by atoms with Crippen LogP contribution in [0.2, 0.25) is 0 Å². The molecule has 1 aliphatic carbocycles. The number of hydrogen-bond acceptors (Lipinski definition) is 8. The number of fused-ring (bicyclic) bond motifs is 1. The fourth-order valence-corrected chi connectivity index (χ4v) is 6.09. The van der Waals surface area contributed by atoms with E-state index in [0.717, 1.165) is 62.0 Å². The largest absolute Gasteiger partial charge is 0.492 e. The van der Waals surface area contributed by atoms with Crippen LogP contribution in [0.15, 0.2) is 36.7 Å².